The molecule has 4 nitrogen and oxygen atoms in total. The van der Waals surface area contributed by atoms with Crippen LogP contribution in [0.2, 0.25) is 0 Å². The molecule has 0 spiro atoms. The molecule has 1 amide bonds. The van der Waals surface area contributed by atoms with Gasteiger partial charge in [-0.25, -0.2) is 0 Å². The number of benzene rings is 1. The molecule has 0 unspecified atom stereocenters. The maximum atomic E-state index is 12.6. The number of rotatable bonds is 1. The van der Waals surface area contributed by atoms with Crippen LogP contribution in [0.1, 0.15) is 22.5 Å². The number of nitrogens with zero attached hydrogens (tertiary/aromatic N) is 1. The molecular formula is C14H15BrN2O2S. The molecule has 1 saturated heterocycles. The summed E-state index contributed by atoms with van der Waals surface area (Å²) in [5.74, 6) is -0.0255. The zero-order valence-electron chi connectivity index (χ0n) is 10.8. The summed E-state index contributed by atoms with van der Waals surface area (Å²) in [6, 6.07) is 5.84. The van der Waals surface area contributed by atoms with Gasteiger partial charge in [-0.15, -0.1) is 11.3 Å². The lowest BCUT2D eigenvalue weighted by molar-refractivity contribution is 0.0551. The van der Waals surface area contributed by atoms with E-state index < -0.39 is 0 Å². The molecule has 3 N–H and O–H groups in total. The summed E-state index contributed by atoms with van der Waals surface area (Å²) in [7, 11) is 0. The Hall–Kier alpha value is -1.11. The summed E-state index contributed by atoms with van der Waals surface area (Å²) in [6.07, 6.45) is 0.994. The summed E-state index contributed by atoms with van der Waals surface area (Å²) in [4.78, 5) is 14.9. The number of halogens is 1. The van der Waals surface area contributed by atoms with Crippen molar-refractivity contribution < 1.29 is 9.90 Å². The predicted molar refractivity (Wildman–Crippen MR) is 85.1 cm³/mol. The number of fused-ring (bicyclic) bond motifs is 1. The molecule has 3 rings (SSSR count). The van der Waals surface area contributed by atoms with E-state index in [1.54, 1.807) is 4.90 Å². The minimum absolute atomic E-state index is 0.0255. The number of aliphatic hydroxyl groups is 1. The molecule has 1 aliphatic heterocycles. The Morgan fingerprint density at radius 3 is 2.75 bits per heavy atom. The number of hydrogen-bond acceptors (Lipinski definition) is 4. The number of amides is 1. The standard InChI is InChI=1S/C14H15BrN2O2S/c15-9-2-1-3-10-11(9)12(16)13(20-10)14(19)17-6-4-8(18)5-7-17/h1-3,8,18H,4-7,16H2. The molecule has 106 valence electrons. The highest BCUT2D eigenvalue weighted by atomic mass is 79.9. The van der Waals surface area contributed by atoms with Crippen LogP contribution in [0.15, 0.2) is 22.7 Å². The monoisotopic (exact) mass is 354 g/mol. The number of aliphatic hydroxyl groups excluding tert-OH is 1. The van der Waals surface area contributed by atoms with Crippen molar-refractivity contribution in [1.29, 1.82) is 0 Å². The van der Waals surface area contributed by atoms with Gasteiger partial charge >= 0.3 is 0 Å². The zero-order chi connectivity index (χ0) is 14.3. The number of nitrogen functional groups attached to an aromatic ring is 1. The second-order valence-electron chi connectivity index (χ2n) is 4.98. The predicted octanol–water partition coefficient (Wildman–Crippen LogP) is 2.84. The molecule has 6 heteroatoms. The van der Waals surface area contributed by atoms with Gasteiger partial charge in [-0.1, -0.05) is 22.0 Å². The van der Waals surface area contributed by atoms with E-state index in [-0.39, 0.29) is 12.0 Å². The fraction of sp³-hybridized carbons (Fsp3) is 0.357. The van der Waals surface area contributed by atoms with Crippen LogP contribution in [-0.2, 0) is 0 Å². The van der Waals surface area contributed by atoms with Gasteiger partial charge in [-0.05, 0) is 25.0 Å². The largest absolute Gasteiger partial charge is 0.397 e. The van der Waals surface area contributed by atoms with Gasteiger partial charge in [0.1, 0.15) is 4.88 Å². The lowest BCUT2D eigenvalue weighted by atomic mass is 10.1. The third-order valence-corrected chi connectivity index (χ3v) is 5.47. The molecule has 20 heavy (non-hydrogen) atoms. The molecule has 0 aliphatic carbocycles. The Balaban J connectivity index is 1.96. The van der Waals surface area contributed by atoms with E-state index in [0.29, 0.717) is 36.5 Å². The summed E-state index contributed by atoms with van der Waals surface area (Å²) in [6.45, 7) is 1.18. The molecule has 0 atom stereocenters. The molecule has 0 radical (unpaired) electrons. The number of anilines is 1. The van der Waals surface area contributed by atoms with Gasteiger partial charge in [-0.3, -0.25) is 4.79 Å². The SMILES string of the molecule is Nc1c(C(=O)N2CCC(O)CC2)sc2cccc(Br)c12. The molecule has 0 saturated carbocycles. The van der Waals surface area contributed by atoms with Gasteiger partial charge in [0.15, 0.2) is 0 Å². The van der Waals surface area contributed by atoms with Crippen LogP contribution >= 0.6 is 27.3 Å². The molecular weight excluding hydrogens is 340 g/mol. The third-order valence-electron chi connectivity index (χ3n) is 3.65. The Bertz CT molecular complexity index is 662. The Morgan fingerprint density at radius 2 is 2.10 bits per heavy atom. The maximum Gasteiger partial charge on any atom is 0.266 e. The highest BCUT2D eigenvalue weighted by Crippen LogP contribution is 2.38. The zero-order valence-corrected chi connectivity index (χ0v) is 13.2. The van der Waals surface area contributed by atoms with E-state index in [0.717, 1.165) is 14.6 Å². The first-order chi connectivity index (χ1) is 9.58. The van der Waals surface area contributed by atoms with Crippen molar-refractivity contribution in [2.75, 3.05) is 18.8 Å². The minimum atomic E-state index is -0.284. The maximum absolute atomic E-state index is 12.6. The van der Waals surface area contributed by atoms with Gasteiger partial charge in [-0.2, -0.15) is 0 Å². The number of hydrogen-bond donors (Lipinski definition) is 2. The van der Waals surface area contributed by atoms with Crippen molar-refractivity contribution in [2.24, 2.45) is 0 Å². The van der Waals surface area contributed by atoms with E-state index in [9.17, 15) is 9.90 Å². The third kappa shape index (κ3) is 2.32. The molecule has 2 aromatic rings. The lowest BCUT2D eigenvalue weighted by Crippen LogP contribution is -2.39. The van der Waals surface area contributed by atoms with Crippen molar-refractivity contribution in [3.05, 3.63) is 27.5 Å². The Kier molecular flexibility index (Phi) is 3.70. The van der Waals surface area contributed by atoms with Crippen molar-refractivity contribution >= 4 is 48.9 Å². The van der Waals surface area contributed by atoms with Crippen LogP contribution < -0.4 is 5.73 Å². The van der Waals surface area contributed by atoms with E-state index in [1.165, 1.54) is 11.3 Å². The van der Waals surface area contributed by atoms with Crippen LogP contribution in [0.4, 0.5) is 5.69 Å². The van der Waals surface area contributed by atoms with E-state index >= 15 is 0 Å². The van der Waals surface area contributed by atoms with Gasteiger partial charge in [0.25, 0.3) is 5.91 Å². The fourth-order valence-corrected chi connectivity index (χ4v) is 4.33. The first kappa shape index (κ1) is 13.9. The van der Waals surface area contributed by atoms with Crippen molar-refractivity contribution in [3.8, 4) is 0 Å². The normalized spacial score (nSPS) is 16.8. The fourth-order valence-electron chi connectivity index (χ4n) is 2.50. The quantitative estimate of drug-likeness (QED) is 0.827. The Labute approximate surface area is 129 Å². The first-order valence-electron chi connectivity index (χ1n) is 6.51. The van der Waals surface area contributed by atoms with Crippen molar-refractivity contribution in [2.45, 2.75) is 18.9 Å². The average Bonchev–Trinajstić information content (AvgIpc) is 2.77. The van der Waals surface area contributed by atoms with E-state index in [1.807, 2.05) is 18.2 Å². The van der Waals surface area contributed by atoms with Crippen LogP contribution in [0.3, 0.4) is 0 Å². The van der Waals surface area contributed by atoms with E-state index in [2.05, 4.69) is 15.9 Å². The van der Waals surface area contributed by atoms with Crippen LogP contribution in [0.5, 0.6) is 0 Å². The number of carbonyl (C=O) groups excluding carboxylic acids is 1. The molecule has 1 aromatic carbocycles. The smallest absolute Gasteiger partial charge is 0.266 e. The average molecular weight is 355 g/mol. The topological polar surface area (TPSA) is 66.6 Å². The highest BCUT2D eigenvalue weighted by molar-refractivity contribution is 9.10. The number of likely N-dealkylation sites (tertiary alicyclic amines) is 1. The Morgan fingerprint density at radius 1 is 1.40 bits per heavy atom. The second kappa shape index (κ2) is 5.35. The van der Waals surface area contributed by atoms with Gasteiger partial charge in [0.05, 0.1) is 11.8 Å². The molecule has 2 heterocycles. The van der Waals surface area contributed by atoms with Gasteiger partial charge < -0.3 is 15.7 Å². The first-order valence-corrected chi connectivity index (χ1v) is 8.12. The summed E-state index contributed by atoms with van der Waals surface area (Å²) < 4.78 is 1.93. The number of carbonyl (C=O) groups is 1. The molecule has 1 aromatic heterocycles. The van der Waals surface area contributed by atoms with Crippen LogP contribution in [0, 0.1) is 0 Å². The lowest BCUT2D eigenvalue weighted by Gasteiger charge is -2.29. The van der Waals surface area contributed by atoms with Crippen LogP contribution in [-0.4, -0.2) is 35.1 Å². The molecule has 0 bridgehead atoms. The van der Waals surface area contributed by atoms with Gasteiger partial charge in [0.2, 0.25) is 0 Å². The van der Waals surface area contributed by atoms with Crippen molar-refractivity contribution in [1.82, 2.24) is 4.90 Å². The number of nitrogens with two attached hydrogens (primary N) is 1. The number of thiophene rings is 1. The summed E-state index contributed by atoms with van der Waals surface area (Å²) in [5.41, 5.74) is 6.71. The van der Waals surface area contributed by atoms with E-state index in [4.69, 9.17) is 5.73 Å². The highest BCUT2D eigenvalue weighted by Gasteiger charge is 2.26. The number of piperidine rings is 1. The minimum Gasteiger partial charge on any atom is -0.397 e. The van der Waals surface area contributed by atoms with Crippen molar-refractivity contribution in [3.63, 3.8) is 0 Å². The molecule has 1 aliphatic rings. The van der Waals surface area contributed by atoms with Crippen LogP contribution in [0.25, 0.3) is 10.1 Å². The summed E-state index contributed by atoms with van der Waals surface area (Å²) in [5, 5.41) is 10.4. The second-order valence-corrected chi connectivity index (χ2v) is 6.89. The summed E-state index contributed by atoms with van der Waals surface area (Å²) >= 11 is 4.91. The molecule has 1 fully saturated rings. The van der Waals surface area contributed by atoms with Gasteiger partial charge in [0, 0.05) is 27.6 Å².